The number of carbonyl (C=O) groups excluding carboxylic acids is 1. The Morgan fingerprint density at radius 3 is 2.68 bits per heavy atom. The van der Waals surface area contributed by atoms with Gasteiger partial charge in [0.1, 0.15) is 0 Å². The van der Waals surface area contributed by atoms with Gasteiger partial charge < -0.3 is 0 Å². The maximum absolute atomic E-state index is 11.8. The summed E-state index contributed by atoms with van der Waals surface area (Å²) >= 11 is 0. The number of carbonyl (C=O) groups is 1. The first-order valence-corrected chi connectivity index (χ1v) is 8.63. The molecule has 6 nitrogen and oxygen atoms in total. The van der Waals surface area contributed by atoms with Crippen molar-refractivity contribution in [2.24, 2.45) is 5.10 Å². The summed E-state index contributed by atoms with van der Waals surface area (Å²) in [5, 5.41) is 6.40. The van der Waals surface area contributed by atoms with Crippen LogP contribution in [0.1, 0.15) is 24.8 Å². The molecule has 1 aliphatic rings. The van der Waals surface area contributed by atoms with Gasteiger partial charge in [-0.25, -0.2) is 18.1 Å². The van der Waals surface area contributed by atoms with Crippen LogP contribution < -0.4 is 9.73 Å². The monoisotopic (exact) mass is 321 g/mol. The first-order chi connectivity index (χ1) is 10.5. The van der Waals surface area contributed by atoms with Gasteiger partial charge in [-0.15, -0.1) is 0 Å². The Balaban J connectivity index is 1.87. The third-order valence-electron chi connectivity index (χ3n) is 3.27. The molecule has 0 spiro atoms. The van der Waals surface area contributed by atoms with Crippen molar-refractivity contribution >= 4 is 27.8 Å². The minimum atomic E-state index is -3.35. The standard InChI is InChI=1S/C15H19N3O3S/c1-2-22(20,21)17-12-3-5-13-7-9-14(10-8-13)18-15(19)6-4-11-16-18/h2,7-11,17H,1,3-6,12H2. The number of hydrogen-bond acceptors (Lipinski definition) is 4. The number of benzene rings is 1. The Labute approximate surface area is 130 Å². The van der Waals surface area contributed by atoms with Crippen LogP contribution in [-0.2, 0) is 21.2 Å². The van der Waals surface area contributed by atoms with Gasteiger partial charge in [0.25, 0.3) is 0 Å². The molecule has 1 aromatic carbocycles. The maximum atomic E-state index is 11.8. The lowest BCUT2D eigenvalue weighted by atomic mass is 10.1. The van der Waals surface area contributed by atoms with E-state index in [9.17, 15) is 13.2 Å². The molecule has 0 unspecified atom stereocenters. The zero-order chi connectivity index (χ0) is 16.0. The quantitative estimate of drug-likeness (QED) is 0.778. The summed E-state index contributed by atoms with van der Waals surface area (Å²) < 4.78 is 24.8. The highest BCUT2D eigenvalue weighted by atomic mass is 32.2. The molecule has 0 atom stereocenters. The lowest BCUT2D eigenvalue weighted by molar-refractivity contribution is -0.118. The Morgan fingerprint density at radius 2 is 2.05 bits per heavy atom. The molecule has 1 N–H and O–H groups in total. The number of aryl methyl sites for hydroxylation is 1. The molecule has 0 aromatic heterocycles. The van der Waals surface area contributed by atoms with Crippen LogP contribution in [0, 0.1) is 0 Å². The Morgan fingerprint density at radius 1 is 1.32 bits per heavy atom. The van der Waals surface area contributed by atoms with Crippen molar-refractivity contribution in [2.45, 2.75) is 25.7 Å². The van der Waals surface area contributed by atoms with E-state index < -0.39 is 10.0 Å². The summed E-state index contributed by atoms with van der Waals surface area (Å²) in [6.07, 6.45) is 4.34. The molecule has 118 valence electrons. The number of anilines is 1. The molecule has 1 heterocycles. The van der Waals surface area contributed by atoms with Crippen LogP contribution in [0.5, 0.6) is 0 Å². The maximum Gasteiger partial charge on any atom is 0.247 e. The van der Waals surface area contributed by atoms with Crippen molar-refractivity contribution < 1.29 is 13.2 Å². The topological polar surface area (TPSA) is 78.8 Å². The fourth-order valence-electron chi connectivity index (χ4n) is 2.08. The van der Waals surface area contributed by atoms with Gasteiger partial charge in [-0.05, 0) is 37.0 Å². The number of sulfonamides is 1. The molecule has 1 aliphatic heterocycles. The molecule has 0 bridgehead atoms. The number of hydrogen-bond donors (Lipinski definition) is 1. The van der Waals surface area contributed by atoms with Crippen molar-refractivity contribution in [1.82, 2.24) is 4.72 Å². The van der Waals surface area contributed by atoms with Crippen molar-refractivity contribution in [3.8, 4) is 0 Å². The van der Waals surface area contributed by atoms with Gasteiger partial charge in [-0.2, -0.15) is 5.10 Å². The van der Waals surface area contributed by atoms with E-state index in [0.717, 1.165) is 23.1 Å². The molecule has 0 radical (unpaired) electrons. The van der Waals surface area contributed by atoms with Crippen LogP contribution in [0.25, 0.3) is 0 Å². The van der Waals surface area contributed by atoms with Crippen molar-refractivity contribution in [2.75, 3.05) is 11.6 Å². The van der Waals surface area contributed by atoms with Gasteiger partial charge in [0.05, 0.1) is 5.69 Å². The third kappa shape index (κ3) is 4.51. The fourth-order valence-corrected chi connectivity index (χ4v) is 2.62. The number of amides is 1. The van der Waals surface area contributed by atoms with Crippen LogP contribution >= 0.6 is 0 Å². The van der Waals surface area contributed by atoms with Crippen LogP contribution in [0.3, 0.4) is 0 Å². The second kappa shape index (κ2) is 7.33. The van der Waals surface area contributed by atoms with Gasteiger partial charge >= 0.3 is 0 Å². The molecular formula is C15H19N3O3S. The first-order valence-electron chi connectivity index (χ1n) is 7.08. The Kier molecular flexibility index (Phi) is 5.46. The molecule has 0 saturated heterocycles. The van der Waals surface area contributed by atoms with E-state index in [-0.39, 0.29) is 5.91 Å². The molecule has 0 saturated carbocycles. The summed E-state index contributed by atoms with van der Waals surface area (Å²) in [5.74, 6) is -0.00548. The van der Waals surface area contributed by atoms with Gasteiger partial charge in [-0.3, -0.25) is 4.79 Å². The van der Waals surface area contributed by atoms with E-state index >= 15 is 0 Å². The van der Waals surface area contributed by atoms with Crippen molar-refractivity contribution in [3.05, 3.63) is 41.8 Å². The van der Waals surface area contributed by atoms with Gasteiger partial charge in [-0.1, -0.05) is 18.7 Å². The number of nitrogens with zero attached hydrogens (tertiary/aromatic N) is 2. The molecular weight excluding hydrogens is 302 g/mol. The SMILES string of the molecule is C=CS(=O)(=O)NCCCc1ccc(N2N=CCCC2=O)cc1. The van der Waals surface area contributed by atoms with Gasteiger partial charge in [0.15, 0.2) is 0 Å². The van der Waals surface area contributed by atoms with E-state index in [1.807, 2.05) is 24.3 Å². The van der Waals surface area contributed by atoms with Crippen molar-refractivity contribution in [1.29, 1.82) is 0 Å². The third-order valence-corrected chi connectivity index (χ3v) is 4.31. The second-order valence-corrected chi connectivity index (χ2v) is 6.63. The Bertz CT molecular complexity index is 666. The average Bonchev–Trinajstić information content (AvgIpc) is 2.53. The summed E-state index contributed by atoms with van der Waals surface area (Å²) in [4.78, 5) is 11.8. The highest BCUT2D eigenvalue weighted by molar-refractivity contribution is 7.92. The van der Waals surface area contributed by atoms with E-state index in [4.69, 9.17) is 0 Å². The minimum absolute atomic E-state index is 0.00548. The van der Waals surface area contributed by atoms with Crippen LogP contribution in [0.2, 0.25) is 0 Å². The molecule has 1 aromatic rings. The molecule has 0 fully saturated rings. The molecule has 0 aliphatic carbocycles. The van der Waals surface area contributed by atoms with Crippen LogP contribution in [-0.4, -0.2) is 27.1 Å². The highest BCUT2D eigenvalue weighted by Gasteiger charge is 2.16. The highest BCUT2D eigenvalue weighted by Crippen LogP contribution is 2.19. The zero-order valence-electron chi connectivity index (χ0n) is 12.2. The fraction of sp³-hybridized carbons (Fsp3) is 0.333. The largest absolute Gasteiger partial charge is 0.273 e. The number of rotatable bonds is 7. The van der Waals surface area contributed by atoms with Gasteiger partial charge in [0, 0.05) is 24.6 Å². The lowest BCUT2D eigenvalue weighted by Gasteiger charge is -2.20. The van der Waals surface area contributed by atoms with E-state index in [0.29, 0.717) is 25.8 Å². The number of hydrazone groups is 1. The molecule has 7 heteroatoms. The minimum Gasteiger partial charge on any atom is -0.273 e. The lowest BCUT2D eigenvalue weighted by Crippen LogP contribution is -2.28. The Hall–Kier alpha value is -1.99. The summed E-state index contributed by atoms with van der Waals surface area (Å²) in [7, 11) is -3.35. The summed E-state index contributed by atoms with van der Waals surface area (Å²) in [6, 6.07) is 7.55. The smallest absolute Gasteiger partial charge is 0.247 e. The van der Waals surface area contributed by atoms with E-state index in [1.54, 1.807) is 6.21 Å². The second-order valence-electron chi connectivity index (χ2n) is 4.92. The summed E-state index contributed by atoms with van der Waals surface area (Å²) in [6.45, 7) is 3.60. The van der Waals surface area contributed by atoms with E-state index in [1.165, 1.54) is 5.01 Å². The molecule has 22 heavy (non-hydrogen) atoms. The normalized spacial score (nSPS) is 15.1. The summed E-state index contributed by atoms with van der Waals surface area (Å²) in [5.41, 5.74) is 1.83. The predicted octanol–water partition coefficient (Wildman–Crippen LogP) is 1.79. The predicted molar refractivity (Wildman–Crippen MR) is 87.1 cm³/mol. The number of nitrogens with one attached hydrogen (secondary N) is 1. The van der Waals surface area contributed by atoms with Crippen LogP contribution in [0.4, 0.5) is 5.69 Å². The first kappa shape index (κ1) is 16.4. The van der Waals surface area contributed by atoms with Crippen molar-refractivity contribution in [3.63, 3.8) is 0 Å². The molecule has 2 rings (SSSR count). The average molecular weight is 321 g/mol. The van der Waals surface area contributed by atoms with Crippen LogP contribution in [0.15, 0.2) is 41.4 Å². The zero-order valence-corrected chi connectivity index (χ0v) is 13.1. The van der Waals surface area contributed by atoms with Gasteiger partial charge in [0.2, 0.25) is 15.9 Å². The molecule has 1 amide bonds. The van der Waals surface area contributed by atoms with E-state index in [2.05, 4.69) is 16.4 Å².